The Labute approximate surface area is 206 Å². The van der Waals surface area contributed by atoms with E-state index in [1.807, 2.05) is 26.0 Å². The highest BCUT2D eigenvalue weighted by Gasteiger charge is 2.25. The van der Waals surface area contributed by atoms with E-state index in [0.29, 0.717) is 57.6 Å². The third-order valence-corrected chi connectivity index (χ3v) is 5.59. The highest BCUT2D eigenvalue weighted by molar-refractivity contribution is 5.88. The van der Waals surface area contributed by atoms with Gasteiger partial charge in [-0.3, -0.25) is 0 Å². The Bertz CT molecular complexity index is 1190. The third kappa shape index (κ3) is 5.46. The Hall–Kier alpha value is -3.84. The molecular formula is C28H32O7. The number of phenolic OH excluding ortho intramolecular Hbond substituents is 1. The Morgan fingerprint density at radius 3 is 1.94 bits per heavy atom. The quantitative estimate of drug-likeness (QED) is 0.365. The van der Waals surface area contributed by atoms with E-state index in [9.17, 15) is 10.2 Å². The fraction of sp³-hybridized carbons (Fsp3) is 0.286. The number of allylic oxidation sites excluding steroid dienone is 1. The monoisotopic (exact) mass is 480 g/mol. The summed E-state index contributed by atoms with van der Waals surface area (Å²) in [6, 6.07) is 12.1. The standard InChI is InChI=1S/C28H32O7/c1-17(2)11-12-35-25-15-23(31-3)21(14-24(25)32-4)27-22(16-29)28(34-6)20(13-26(27)33-5)18-7-9-19(30)10-8-18/h7-11,13-15,29-30H,12,16H2,1-6H3. The second-order valence-corrected chi connectivity index (χ2v) is 8.01. The molecule has 0 aliphatic rings. The third-order valence-electron chi connectivity index (χ3n) is 5.59. The van der Waals surface area contributed by atoms with E-state index in [-0.39, 0.29) is 12.4 Å². The van der Waals surface area contributed by atoms with Crippen LogP contribution in [-0.4, -0.2) is 45.3 Å². The summed E-state index contributed by atoms with van der Waals surface area (Å²) in [5.41, 5.74) is 4.44. The van der Waals surface area contributed by atoms with Crippen LogP contribution in [0.15, 0.2) is 54.1 Å². The van der Waals surface area contributed by atoms with Crippen LogP contribution in [0.5, 0.6) is 34.5 Å². The van der Waals surface area contributed by atoms with Crippen molar-refractivity contribution in [3.05, 3.63) is 59.7 Å². The summed E-state index contributed by atoms with van der Waals surface area (Å²) < 4.78 is 28.8. The highest BCUT2D eigenvalue weighted by atomic mass is 16.5. The molecule has 0 spiro atoms. The molecule has 0 aliphatic heterocycles. The first-order valence-electron chi connectivity index (χ1n) is 11.1. The van der Waals surface area contributed by atoms with E-state index in [1.54, 1.807) is 64.8 Å². The summed E-state index contributed by atoms with van der Waals surface area (Å²) >= 11 is 0. The van der Waals surface area contributed by atoms with Gasteiger partial charge in [0.15, 0.2) is 11.5 Å². The SMILES string of the molecule is COc1cc(-c2c(OC)cc(-c3ccc(O)cc3)c(OC)c2CO)c(OC)cc1OCC=C(C)C. The number of methoxy groups -OCH3 is 4. The summed E-state index contributed by atoms with van der Waals surface area (Å²) in [7, 11) is 6.25. The maximum atomic E-state index is 10.5. The van der Waals surface area contributed by atoms with Crippen molar-refractivity contribution in [1.82, 2.24) is 0 Å². The second-order valence-electron chi connectivity index (χ2n) is 8.01. The van der Waals surface area contributed by atoms with Gasteiger partial charge in [0.25, 0.3) is 0 Å². The van der Waals surface area contributed by atoms with Gasteiger partial charge in [-0.25, -0.2) is 0 Å². The molecule has 0 saturated heterocycles. The number of phenols is 1. The molecule has 0 aromatic heterocycles. The lowest BCUT2D eigenvalue weighted by Crippen LogP contribution is -2.04. The molecule has 35 heavy (non-hydrogen) atoms. The summed E-state index contributed by atoms with van der Waals surface area (Å²) in [5.74, 6) is 2.71. The fourth-order valence-electron chi connectivity index (χ4n) is 3.87. The molecule has 0 amide bonds. The van der Waals surface area contributed by atoms with E-state index in [1.165, 1.54) is 0 Å². The number of hydrogen-bond donors (Lipinski definition) is 2. The van der Waals surface area contributed by atoms with E-state index in [2.05, 4.69) is 0 Å². The molecule has 7 heteroatoms. The predicted octanol–water partition coefficient (Wildman–Crippen LogP) is 5.60. The number of hydrogen-bond acceptors (Lipinski definition) is 7. The maximum absolute atomic E-state index is 10.5. The van der Waals surface area contributed by atoms with Crippen molar-refractivity contribution in [2.75, 3.05) is 35.0 Å². The molecule has 186 valence electrons. The van der Waals surface area contributed by atoms with Crippen LogP contribution >= 0.6 is 0 Å². The van der Waals surface area contributed by atoms with Crippen LogP contribution < -0.4 is 23.7 Å². The van der Waals surface area contributed by atoms with Gasteiger partial charge in [0, 0.05) is 28.3 Å². The minimum Gasteiger partial charge on any atom is -0.508 e. The minimum absolute atomic E-state index is 0.155. The Kier molecular flexibility index (Phi) is 8.49. The van der Waals surface area contributed by atoms with E-state index in [4.69, 9.17) is 23.7 Å². The first-order valence-corrected chi connectivity index (χ1v) is 11.1. The molecule has 7 nitrogen and oxygen atoms in total. The van der Waals surface area contributed by atoms with Gasteiger partial charge in [0.2, 0.25) is 0 Å². The van der Waals surface area contributed by atoms with Crippen molar-refractivity contribution in [2.24, 2.45) is 0 Å². The van der Waals surface area contributed by atoms with Crippen LogP contribution in [0.2, 0.25) is 0 Å². The zero-order valence-electron chi connectivity index (χ0n) is 21.0. The van der Waals surface area contributed by atoms with Crippen LogP contribution in [0.3, 0.4) is 0 Å². The predicted molar refractivity (Wildman–Crippen MR) is 136 cm³/mol. The van der Waals surface area contributed by atoms with Crippen LogP contribution in [0.25, 0.3) is 22.3 Å². The molecule has 3 aromatic carbocycles. The molecule has 0 fully saturated rings. The van der Waals surface area contributed by atoms with Crippen molar-refractivity contribution in [1.29, 1.82) is 0 Å². The number of aromatic hydroxyl groups is 1. The first kappa shape index (κ1) is 25.8. The summed E-state index contributed by atoms with van der Waals surface area (Å²) in [6.07, 6.45) is 1.97. The zero-order chi connectivity index (χ0) is 25.5. The maximum Gasteiger partial charge on any atom is 0.165 e. The van der Waals surface area contributed by atoms with Crippen molar-refractivity contribution in [2.45, 2.75) is 20.5 Å². The number of aliphatic hydroxyl groups is 1. The molecule has 2 N–H and O–H groups in total. The fourth-order valence-corrected chi connectivity index (χ4v) is 3.87. The molecule has 0 saturated carbocycles. The zero-order valence-corrected chi connectivity index (χ0v) is 21.0. The van der Waals surface area contributed by atoms with Crippen LogP contribution in [0.4, 0.5) is 0 Å². The van der Waals surface area contributed by atoms with Gasteiger partial charge < -0.3 is 33.9 Å². The van der Waals surface area contributed by atoms with Crippen molar-refractivity contribution in [3.63, 3.8) is 0 Å². The van der Waals surface area contributed by atoms with Crippen LogP contribution in [-0.2, 0) is 6.61 Å². The van der Waals surface area contributed by atoms with E-state index in [0.717, 1.165) is 11.1 Å². The summed E-state index contributed by atoms with van der Waals surface area (Å²) in [6.45, 7) is 4.08. The normalized spacial score (nSPS) is 10.5. The minimum atomic E-state index is -0.314. The molecular weight excluding hydrogens is 448 g/mol. The molecule has 0 unspecified atom stereocenters. The first-order chi connectivity index (χ1) is 16.9. The van der Waals surface area contributed by atoms with Gasteiger partial charge in [-0.2, -0.15) is 0 Å². The Morgan fingerprint density at radius 1 is 0.771 bits per heavy atom. The Morgan fingerprint density at radius 2 is 1.40 bits per heavy atom. The number of benzene rings is 3. The van der Waals surface area contributed by atoms with Gasteiger partial charge >= 0.3 is 0 Å². The molecule has 0 aliphatic carbocycles. The van der Waals surface area contributed by atoms with Crippen molar-refractivity contribution >= 4 is 0 Å². The second kappa shape index (κ2) is 11.5. The highest BCUT2D eigenvalue weighted by Crippen LogP contribution is 2.50. The lowest BCUT2D eigenvalue weighted by molar-refractivity contribution is 0.273. The number of rotatable bonds is 10. The van der Waals surface area contributed by atoms with Gasteiger partial charge in [0.05, 0.1) is 35.0 Å². The van der Waals surface area contributed by atoms with Crippen molar-refractivity contribution in [3.8, 4) is 56.8 Å². The lowest BCUT2D eigenvalue weighted by atomic mass is 9.91. The number of ether oxygens (including phenoxy) is 5. The van der Waals surface area contributed by atoms with Crippen LogP contribution in [0, 0.1) is 0 Å². The lowest BCUT2D eigenvalue weighted by Gasteiger charge is -2.22. The molecule has 3 aromatic rings. The summed E-state index contributed by atoms with van der Waals surface area (Å²) in [5, 5.41) is 20.2. The Balaban J connectivity index is 2.26. The largest absolute Gasteiger partial charge is 0.508 e. The van der Waals surface area contributed by atoms with Crippen molar-refractivity contribution < 1.29 is 33.9 Å². The smallest absolute Gasteiger partial charge is 0.165 e. The van der Waals surface area contributed by atoms with Gasteiger partial charge in [-0.05, 0) is 49.8 Å². The average Bonchev–Trinajstić information content (AvgIpc) is 2.87. The molecule has 0 atom stereocenters. The van der Waals surface area contributed by atoms with Crippen LogP contribution in [0.1, 0.15) is 19.4 Å². The molecule has 0 radical (unpaired) electrons. The van der Waals surface area contributed by atoms with E-state index < -0.39 is 0 Å². The molecule has 0 heterocycles. The van der Waals surface area contributed by atoms with Gasteiger partial charge in [-0.1, -0.05) is 17.7 Å². The van der Waals surface area contributed by atoms with Gasteiger partial charge in [0.1, 0.15) is 29.6 Å². The summed E-state index contributed by atoms with van der Waals surface area (Å²) in [4.78, 5) is 0. The molecule has 0 bridgehead atoms. The molecule has 3 rings (SSSR count). The topological polar surface area (TPSA) is 86.6 Å². The number of aliphatic hydroxyl groups excluding tert-OH is 1. The van der Waals surface area contributed by atoms with Gasteiger partial charge in [-0.15, -0.1) is 0 Å². The van der Waals surface area contributed by atoms with E-state index >= 15 is 0 Å². The average molecular weight is 481 g/mol.